The van der Waals surface area contributed by atoms with Gasteiger partial charge in [-0.15, -0.1) is 0 Å². The first kappa shape index (κ1) is 22.2. The molecular formula is C20H25N3O5S. The van der Waals surface area contributed by atoms with Crippen molar-refractivity contribution in [1.82, 2.24) is 5.43 Å². The van der Waals surface area contributed by atoms with Crippen molar-refractivity contribution in [2.45, 2.75) is 19.9 Å². The van der Waals surface area contributed by atoms with Gasteiger partial charge in [-0.25, -0.2) is 13.8 Å². The highest BCUT2D eigenvalue weighted by molar-refractivity contribution is 7.92. The number of nitrogens with one attached hydrogen (secondary N) is 1. The van der Waals surface area contributed by atoms with E-state index in [1.807, 2.05) is 19.1 Å². The van der Waals surface area contributed by atoms with Crippen molar-refractivity contribution >= 4 is 27.8 Å². The van der Waals surface area contributed by atoms with Gasteiger partial charge < -0.3 is 9.47 Å². The summed E-state index contributed by atoms with van der Waals surface area (Å²) in [6.07, 6.45) is 2.48. The first-order valence-corrected chi connectivity index (χ1v) is 10.8. The third kappa shape index (κ3) is 5.95. The van der Waals surface area contributed by atoms with Gasteiger partial charge >= 0.3 is 0 Å². The van der Waals surface area contributed by atoms with Crippen molar-refractivity contribution in [3.63, 3.8) is 0 Å². The predicted molar refractivity (Wildman–Crippen MR) is 113 cm³/mol. The second-order valence-corrected chi connectivity index (χ2v) is 8.00. The van der Waals surface area contributed by atoms with Gasteiger partial charge in [0.25, 0.3) is 5.91 Å². The molecule has 0 heterocycles. The summed E-state index contributed by atoms with van der Waals surface area (Å²) in [4.78, 5) is 12.5. The average molecular weight is 420 g/mol. The van der Waals surface area contributed by atoms with Gasteiger partial charge in [0.1, 0.15) is 17.5 Å². The van der Waals surface area contributed by atoms with Gasteiger partial charge in [0.05, 0.1) is 31.9 Å². The van der Waals surface area contributed by atoms with Gasteiger partial charge in [-0.1, -0.05) is 12.1 Å². The van der Waals surface area contributed by atoms with Crippen LogP contribution in [0.3, 0.4) is 0 Å². The van der Waals surface area contributed by atoms with Gasteiger partial charge in [0.2, 0.25) is 10.0 Å². The summed E-state index contributed by atoms with van der Waals surface area (Å²) in [5.74, 6) is 0.643. The molecule has 0 aromatic heterocycles. The van der Waals surface area contributed by atoms with Crippen molar-refractivity contribution in [3.05, 3.63) is 54.1 Å². The molecule has 2 rings (SSSR count). The summed E-state index contributed by atoms with van der Waals surface area (Å²) in [6, 6.07) is 12.6. The highest BCUT2D eigenvalue weighted by atomic mass is 32.2. The molecule has 1 amide bonds. The average Bonchev–Trinajstić information content (AvgIpc) is 2.69. The van der Waals surface area contributed by atoms with E-state index < -0.39 is 22.0 Å². The molecule has 29 heavy (non-hydrogen) atoms. The minimum Gasteiger partial charge on any atom is -0.496 e. The quantitative estimate of drug-likeness (QED) is 0.497. The van der Waals surface area contributed by atoms with E-state index in [1.54, 1.807) is 36.4 Å². The van der Waals surface area contributed by atoms with E-state index >= 15 is 0 Å². The Morgan fingerprint density at radius 1 is 1.21 bits per heavy atom. The Morgan fingerprint density at radius 2 is 1.86 bits per heavy atom. The third-order valence-electron chi connectivity index (χ3n) is 4.01. The maximum Gasteiger partial charge on any atom is 0.263 e. The highest BCUT2D eigenvalue weighted by Crippen LogP contribution is 2.24. The number of para-hydroxylation sites is 1. The van der Waals surface area contributed by atoms with E-state index in [2.05, 4.69) is 10.5 Å². The minimum atomic E-state index is -3.72. The van der Waals surface area contributed by atoms with Crippen LogP contribution < -0.4 is 19.2 Å². The number of hydrazone groups is 1. The molecule has 0 aliphatic heterocycles. The molecule has 0 fully saturated rings. The standard InChI is InChI=1S/C20H25N3O5S/c1-5-28-18-12-10-17(11-13-18)23(29(4,25)26)15(2)20(24)22-21-14-16-8-6-7-9-19(16)27-3/h6-15H,5H2,1-4H3,(H,22,24)/b21-14-/t15-/m1/s1. The molecule has 0 aliphatic carbocycles. The van der Waals surface area contributed by atoms with Crippen LogP contribution in [-0.4, -0.2) is 46.6 Å². The number of rotatable bonds is 9. The summed E-state index contributed by atoms with van der Waals surface area (Å²) in [6.45, 7) is 3.85. The van der Waals surface area contributed by atoms with E-state index in [1.165, 1.54) is 20.2 Å². The molecule has 0 saturated carbocycles. The van der Waals surface area contributed by atoms with Crippen LogP contribution in [0.4, 0.5) is 5.69 Å². The molecule has 2 aromatic rings. The van der Waals surface area contributed by atoms with Crippen LogP contribution in [0.15, 0.2) is 53.6 Å². The maximum atomic E-state index is 12.5. The fourth-order valence-corrected chi connectivity index (χ4v) is 3.87. The highest BCUT2D eigenvalue weighted by Gasteiger charge is 2.29. The normalized spacial score (nSPS) is 12.4. The molecule has 1 N–H and O–H groups in total. The predicted octanol–water partition coefficient (Wildman–Crippen LogP) is 2.40. The summed E-state index contributed by atoms with van der Waals surface area (Å²) < 4.78 is 36.3. The molecule has 8 nitrogen and oxygen atoms in total. The van der Waals surface area contributed by atoms with Gasteiger partial charge in [0, 0.05) is 5.56 Å². The van der Waals surface area contributed by atoms with Crippen LogP contribution in [0, 0.1) is 0 Å². The maximum absolute atomic E-state index is 12.5. The first-order valence-electron chi connectivity index (χ1n) is 8.96. The molecule has 1 atom stereocenters. The van der Waals surface area contributed by atoms with E-state index in [0.717, 1.165) is 10.6 Å². The Labute approximate surface area is 171 Å². The number of amides is 1. The van der Waals surface area contributed by atoms with Crippen molar-refractivity contribution in [3.8, 4) is 11.5 Å². The van der Waals surface area contributed by atoms with Gasteiger partial charge in [-0.2, -0.15) is 5.10 Å². The zero-order chi connectivity index (χ0) is 21.4. The summed E-state index contributed by atoms with van der Waals surface area (Å²) in [7, 11) is -2.18. The molecular weight excluding hydrogens is 394 g/mol. The summed E-state index contributed by atoms with van der Waals surface area (Å²) >= 11 is 0. The van der Waals surface area contributed by atoms with Gasteiger partial charge in [-0.3, -0.25) is 9.10 Å². The lowest BCUT2D eigenvalue weighted by Crippen LogP contribution is -2.46. The van der Waals surface area contributed by atoms with Crippen molar-refractivity contribution in [1.29, 1.82) is 0 Å². The van der Waals surface area contributed by atoms with Crippen LogP contribution in [0.2, 0.25) is 0 Å². The second kappa shape index (κ2) is 9.92. The Hall–Kier alpha value is -3.07. The van der Waals surface area contributed by atoms with E-state index in [0.29, 0.717) is 29.4 Å². The Bertz CT molecular complexity index is 958. The van der Waals surface area contributed by atoms with Gasteiger partial charge in [-0.05, 0) is 50.2 Å². The molecule has 0 bridgehead atoms. The van der Waals surface area contributed by atoms with Crippen molar-refractivity contribution < 1.29 is 22.7 Å². The lowest BCUT2D eigenvalue weighted by molar-refractivity contribution is -0.121. The molecule has 156 valence electrons. The molecule has 0 radical (unpaired) electrons. The van der Waals surface area contributed by atoms with E-state index in [9.17, 15) is 13.2 Å². The van der Waals surface area contributed by atoms with Crippen LogP contribution in [0.1, 0.15) is 19.4 Å². The summed E-state index contributed by atoms with van der Waals surface area (Å²) in [5.41, 5.74) is 3.41. The summed E-state index contributed by atoms with van der Waals surface area (Å²) in [5, 5.41) is 3.92. The Kier molecular flexibility index (Phi) is 7.60. The van der Waals surface area contributed by atoms with E-state index in [-0.39, 0.29) is 0 Å². The van der Waals surface area contributed by atoms with Gasteiger partial charge in [0.15, 0.2) is 0 Å². The fourth-order valence-electron chi connectivity index (χ4n) is 2.70. The number of anilines is 1. The Balaban J connectivity index is 2.17. The van der Waals surface area contributed by atoms with Crippen LogP contribution >= 0.6 is 0 Å². The number of hydrogen-bond acceptors (Lipinski definition) is 6. The largest absolute Gasteiger partial charge is 0.496 e. The zero-order valence-corrected chi connectivity index (χ0v) is 17.6. The molecule has 0 aliphatic rings. The topological polar surface area (TPSA) is 97.3 Å². The van der Waals surface area contributed by atoms with Crippen molar-refractivity contribution in [2.75, 3.05) is 24.3 Å². The fraction of sp³-hybridized carbons (Fsp3) is 0.300. The van der Waals surface area contributed by atoms with Crippen LogP contribution in [-0.2, 0) is 14.8 Å². The monoisotopic (exact) mass is 419 g/mol. The number of sulfonamides is 1. The van der Waals surface area contributed by atoms with Crippen molar-refractivity contribution in [2.24, 2.45) is 5.10 Å². The zero-order valence-electron chi connectivity index (χ0n) is 16.8. The number of benzene rings is 2. The van der Waals surface area contributed by atoms with Crippen LogP contribution in [0.25, 0.3) is 0 Å². The number of hydrogen-bond donors (Lipinski definition) is 1. The number of nitrogens with zero attached hydrogens (tertiary/aromatic N) is 2. The minimum absolute atomic E-state index is 0.354. The number of ether oxygens (including phenoxy) is 2. The third-order valence-corrected chi connectivity index (χ3v) is 5.25. The lowest BCUT2D eigenvalue weighted by Gasteiger charge is -2.27. The van der Waals surface area contributed by atoms with E-state index in [4.69, 9.17) is 9.47 Å². The SMILES string of the molecule is CCOc1ccc(N([C@H](C)C(=O)N/N=C\c2ccccc2OC)S(C)(=O)=O)cc1. The number of carbonyl (C=O) groups is 1. The molecule has 0 saturated heterocycles. The van der Waals surface area contributed by atoms with Crippen LogP contribution in [0.5, 0.6) is 11.5 Å². The molecule has 0 spiro atoms. The number of carbonyl (C=O) groups excluding carboxylic acids is 1. The smallest absolute Gasteiger partial charge is 0.263 e. The first-order chi connectivity index (χ1) is 13.8. The number of methoxy groups -OCH3 is 1. The lowest BCUT2D eigenvalue weighted by atomic mass is 10.2. The molecule has 2 aromatic carbocycles. The molecule has 0 unspecified atom stereocenters. The molecule has 9 heteroatoms. The Morgan fingerprint density at radius 3 is 2.45 bits per heavy atom. The second-order valence-electron chi connectivity index (χ2n) is 6.14.